The molecule has 0 atom stereocenters. The Kier molecular flexibility index (Phi) is 7.13. The number of benzene rings is 2. The minimum atomic E-state index is -0.631. The third kappa shape index (κ3) is 4.62. The first-order chi connectivity index (χ1) is 16.3. The minimum absolute atomic E-state index is 0.0235. The molecule has 174 valence electrons. The molecule has 7 nitrogen and oxygen atoms in total. The van der Waals surface area contributed by atoms with Crippen LogP contribution in [0.25, 0.3) is 16.5 Å². The van der Waals surface area contributed by atoms with E-state index in [1.807, 2.05) is 24.3 Å². The Hall–Kier alpha value is -3.05. The highest BCUT2D eigenvalue weighted by Crippen LogP contribution is 2.31. The van der Waals surface area contributed by atoms with E-state index in [0.717, 1.165) is 9.13 Å². The lowest BCUT2D eigenvalue weighted by Crippen LogP contribution is -2.25. The lowest BCUT2D eigenvalue weighted by atomic mass is 10.0. The van der Waals surface area contributed by atoms with E-state index in [4.69, 9.17) is 4.74 Å². The van der Waals surface area contributed by atoms with Crippen molar-refractivity contribution in [3.63, 3.8) is 0 Å². The highest BCUT2D eigenvalue weighted by molar-refractivity contribution is 14.1. The van der Waals surface area contributed by atoms with Crippen LogP contribution in [-0.2, 0) is 4.74 Å². The molecule has 0 aliphatic heterocycles. The van der Waals surface area contributed by atoms with Crippen molar-refractivity contribution in [1.29, 1.82) is 0 Å². The van der Waals surface area contributed by atoms with Crippen LogP contribution in [0.5, 0.6) is 0 Å². The van der Waals surface area contributed by atoms with Gasteiger partial charge in [0.05, 0.1) is 23.2 Å². The van der Waals surface area contributed by atoms with Crippen LogP contribution in [0.4, 0.5) is 5.00 Å². The number of carbonyl (C=O) groups is 2. The summed E-state index contributed by atoms with van der Waals surface area (Å²) in [6.45, 7) is 6.04. The zero-order chi connectivity index (χ0) is 24.4. The molecule has 0 spiro atoms. The maximum atomic E-state index is 13.5. The molecule has 0 unspecified atom stereocenters. The molecule has 0 bridgehead atoms. The average molecular weight is 587 g/mol. The normalized spacial score (nSPS) is 11.1. The van der Waals surface area contributed by atoms with E-state index in [9.17, 15) is 14.4 Å². The Morgan fingerprint density at radius 1 is 1.15 bits per heavy atom. The number of nitrogens with one attached hydrogen (secondary N) is 1. The predicted octanol–water partition coefficient (Wildman–Crippen LogP) is 5.60. The maximum absolute atomic E-state index is 13.5. The Labute approximate surface area is 213 Å². The van der Waals surface area contributed by atoms with Crippen LogP contribution < -0.4 is 10.9 Å². The van der Waals surface area contributed by atoms with E-state index in [1.165, 1.54) is 16.0 Å². The number of thiophene rings is 1. The van der Waals surface area contributed by atoms with Gasteiger partial charge in [-0.2, -0.15) is 9.78 Å². The summed E-state index contributed by atoms with van der Waals surface area (Å²) in [6.07, 6.45) is 0. The monoisotopic (exact) mass is 587 g/mol. The number of ether oxygens (including phenoxy) is 1. The highest BCUT2D eigenvalue weighted by Gasteiger charge is 2.23. The van der Waals surface area contributed by atoms with Crippen LogP contribution in [0.15, 0.2) is 58.7 Å². The first-order valence-corrected chi connectivity index (χ1v) is 12.7. The third-order valence-electron chi connectivity index (χ3n) is 5.27. The van der Waals surface area contributed by atoms with E-state index >= 15 is 0 Å². The van der Waals surface area contributed by atoms with Gasteiger partial charge < -0.3 is 10.1 Å². The molecule has 4 rings (SSSR count). The summed E-state index contributed by atoms with van der Waals surface area (Å²) < 4.78 is 7.17. The van der Waals surface area contributed by atoms with Crippen molar-refractivity contribution in [3.05, 3.63) is 84.7 Å². The second-order valence-electron chi connectivity index (χ2n) is 7.82. The standard InChI is InChI=1S/C25H22IN3O4S/c1-4-33-25(32)21-18-13-34-23(27-22(30)17-7-5-6-8-19(17)26)20(18)24(31)29(28-21)16-11-9-15(10-12-16)14(2)3/h5-14H,4H2,1-3H3,(H,27,30). The largest absolute Gasteiger partial charge is 0.461 e. The van der Waals surface area contributed by atoms with Crippen LogP contribution in [-0.4, -0.2) is 28.3 Å². The van der Waals surface area contributed by atoms with Crippen molar-refractivity contribution >= 4 is 61.6 Å². The number of aromatic nitrogens is 2. The topological polar surface area (TPSA) is 90.3 Å². The fraction of sp³-hybridized carbons (Fsp3) is 0.200. The van der Waals surface area contributed by atoms with E-state index in [-0.39, 0.29) is 23.6 Å². The van der Waals surface area contributed by atoms with Crippen LogP contribution in [0.2, 0.25) is 0 Å². The van der Waals surface area contributed by atoms with Crippen molar-refractivity contribution < 1.29 is 14.3 Å². The number of fused-ring (bicyclic) bond motifs is 1. The average Bonchev–Trinajstić information content (AvgIpc) is 3.24. The molecular weight excluding hydrogens is 565 g/mol. The van der Waals surface area contributed by atoms with Gasteiger partial charge in [0, 0.05) is 14.3 Å². The van der Waals surface area contributed by atoms with Gasteiger partial charge in [-0.15, -0.1) is 11.3 Å². The summed E-state index contributed by atoms with van der Waals surface area (Å²) in [5.41, 5.74) is 1.72. The van der Waals surface area contributed by atoms with Crippen LogP contribution in [0, 0.1) is 3.57 Å². The first kappa shape index (κ1) is 24.1. The molecule has 0 fully saturated rings. The smallest absolute Gasteiger partial charge is 0.359 e. The summed E-state index contributed by atoms with van der Waals surface area (Å²) >= 11 is 3.26. The molecule has 2 aromatic carbocycles. The van der Waals surface area contributed by atoms with Crippen molar-refractivity contribution in [2.24, 2.45) is 0 Å². The quantitative estimate of drug-likeness (QED) is 0.234. The first-order valence-electron chi connectivity index (χ1n) is 10.7. The van der Waals surface area contributed by atoms with E-state index in [1.54, 1.807) is 36.6 Å². The van der Waals surface area contributed by atoms with Crippen molar-refractivity contribution in [1.82, 2.24) is 9.78 Å². The molecule has 0 aliphatic rings. The van der Waals surface area contributed by atoms with Gasteiger partial charge in [0.2, 0.25) is 0 Å². The molecular formula is C25H22IN3O4S. The van der Waals surface area contributed by atoms with Gasteiger partial charge in [-0.1, -0.05) is 38.1 Å². The predicted molar refractivity (Wildman–Crippen MR) is 142 cm³/mol. The van der Waals surface area contributed by atoms with Gasteiger partial charge in [0.15, 0.2) is 5.69 Å². The van der Waals surface area contributed by atoms with Gasteiger partial charge in [-0.05, 0) is 65.3 Å². The molecule has 4 aromatic rings. The van der Waals surface area contributed by atoms with Gasteiger partial charge in [-0.3, -0.25) is 9.59 Å². The van der Waals surface area contributed by atoms with Gasteiger partial charge in [0.1, 0.15) is 5.00 Å². The van der Waals surface area contributed by atoms with Crippen molar-refractivity contribution in [2.45, 2.75) is 26.7 Å². The summed E-state index contributed by atoms with van der Waals surface area (Å²) in [6, 6.07) is 14.6. The molecule has 1 amide bonds. The van der Waals surface area contributed by atoms with Crippen molar-refractivity contribution in [3.8, 4) is 5.69 Å². The fourth-order valence-corrected chi connectivity index (χ4v) is 5.05. The molecule has 0 saturated heterocycles. The summed E-state index contributed by atoms with van der Waals surface area (Å²) in [7, 11) is 0. The number of halogens is 1. The zero-order valence-corrected chi connectivity index (χ0v) is 21.8. The van der Waals surface area contributed by atoms with Crippen molar-refractivity contribution in [2.75, 3.05) is 11.9 Å². The Balaban J connectivity index is 1.87. The van der Waals surface area contributed by atoms with Crippen LogP contribution >= 0.6 is 33.9 Å². The van der Waals surface area contributed by atoms with E-state index < -0.39 is 11.5 Å². The maximum Gasteiger partial charge on any atom is 0.359 e. The van der Waals surface area contributed by atoms with E-state index in [2.05, 4.69) is 46.9 Å². The van der Waals surface area contributed by atoms with Gasteiger partial charge in [0.25, 0.3) is 11.5 Å². The Bertz CT molecular complexity index is 1440. The number of esters is 1. The van der Waals surface area contributed by atoms with Crippen LogP contribution in [0.1, 0.15) is 53.1 Å². The molecule has 0 aliphatic carbocycles. The lowest BCUT2D eigenvalue weighted by Gasteiger charge is -2.11. The molecule has 9 heteroatoms. The molecule has 1 N–H and O–H groups in total. The molecule has 34 heavy (non-hydrogen) atoms. The second-order valence-corrected chi connectivity index (χ2v) is 9.86. The zero-order valence-electron chi connectivity index (χ0n) is 18.8. The van der Waals surface area contributed by atoms with Crippen LogP contribution in [0.3, 0.4) is 0 Å². The Morgan fingerprint density at radius 3 is 2.50 bits per heavy atom. The number of amides is 1. The van der Waals surface area contributed by atoms with Gasteiger partial charge in [-0.25, -0.2) is 4.79 Å². The number of carbonyl (C=O) groups excluding carboxylic acids is 2. The summed E-state index contributed by atoms with van der Waals surface area (Å²) in [5, 5.41) is 9.76. The molecule has 0 saturated carbocycles. The number of nitrogens with zero attached hydrogens (tertiary/aromatic N) is 2. The minimum Gasteiger partial charge on any atom is -0.461 e. The SMILES string of the molecule is CCOC(=O)c1nn(-c2ccc(C(C)C)cc2)c(=O)c2c(NC(=O)c3ccccc3I)scc12. The summed E-state index contributed by atoms with van der Waals surface area (Å²) in [5.74, 6) is -0.639. The molecule has 2 aromatic heterocycles. The lowest BCUT2D eigenvalue weighted by molar-refractivity contribution is 0.0520. The number of hydrogen-bond acceptors (Lipinski definition) is 6. The van der Waals surface area contributed by atoms with Gasteiger partial charge >= 0.3 is 5.97 Å². The van der Waals surface area contributed by atoms with E-state index in [0.29, 0.717) is 27.6 Å². The fourth-order valence-electron chi connectivity index (χ4n) is 3.48. The molecule has 2 heterocycles. The highest BCUT2D eigenvalue weighted by atomic mass is 127. The summed E-state index contributed by atoms with van der Waals surface area (Å²) in [4.78, 5) is 39.2. The molecule has 0 radical (unpaired) electrons. The third-order valence-corrected chi connectivity index (χ3v) is 7.11. The Morgan fingerprint density at radius 2 is 1.85 bits per heavy atom. The number of hydrogen-bond donors (Lipinski definition) is 1. The number of anilines is 1. The second kappa shape index (κ2) is 10.1. The number of rotatable bonds is 6.